The van der Waals surface area contributed by atoms with Gasteiger partial charge in [0.15, 0.2) is 0 Å². The fourth-order valence-electron chi connectivity index (χ4n) is 1.72. The van der Waals surface area contributed by atoms with Crippen LogP contribution in [0.25, 0.3) is 0 Å². The zero-order valence-corrected chi connectivity index (χ0v) is 10.5. The van der Waals surface area contributed by atoms with Gasteiger partial charge in [-0.1, -0.05) is 11.5 Å². The molecular weight excluding hydrogens is 275 g/mol. The highest BCUT2D eigenvalue weighted by molar-refractivity contribution is 6.73. The molecular formula is C12H12BF4N2O-. The van der Waals surface area contributed by atoms with Gasteiger partial charge in [0.05, 0.1) is 18.8 Å². The second-order valence-corrected chi connectivity index (χ2v) is 4.26. The van der Waals surface area contributed by atoms with Crippen LogP contribution in [-0.4, -0.2) is 23.1 Å². The number of imidazole rings is 1. The summed E-state index contributed by atoms with van der Waals surface area (Å²) in [5.74, 6) is -1.21. The van der Waals surface area contributed by atoms with Gasteiger partial charge in [-0.05, 0) is 12.5 Å². The van der Waals surface area contributed by atoms with Crippen molar-refractivity contribution in [2.24, 2.45) is 0 Å². The molecule has 0 spiro atoms. The summed E-state index contributed by atoms with van der Waals surface area (Å²) in [5.41, 5.74) is -1.23. The van der Waals surface area contributed by atoms with Crippen LogP contribution >= 0.6 is 0 Å². The Balaban J connectivity index is 1.86. The van der Waals surface area contributed by atoms with Crippen molar-refractivity contribution in [1.82, 2.24) is 9.55 Å². The second-order valence-electron chi connectivity index (χ2n) is 4.26. The molecule has 20 heavy (non-hydrogen) atoms. The molecule has 0 saturated heterocycles. The third-order valence-corrected chi connectivity index (χ3v) is 2.71. The van der Waals surface area contributed by atoms with Crippen LogP contribution in [0.4, 0.5) is 17.3 Å². The van der Waals surface area contributed by atoms with E-state index >= 15 is 0 Å². The van der Waals surface area contributed by atoms with E-state index in [0.717, 1.165) is 12.1 Å². The lowest BCUT2D eigenvalue weighted by Crippen LogP contribution is -2.36. The highest BCUT2D eigenvalue weighted by atomic mass is 19.4. The minimum Gasteiger partial charge on any atom is -0.493 e. The molecule has 2 rings (SSSR count). The maximum Gasteiger partial charge on any atom is 0.512 e. The molecule has 0 fully saturated rings. The molecule has 1 heterocycles. The monoisotopic (exact) mass is 287 g/mol. The summed E-state index contributed by atoms with van der Waals surface area (Å²) in [6, 6.07) is 2.60. The molecule has 108 valence electrons. The highest BCUT2D eigenvalue weighted by Gasteiger charge is 2.28. The number of nitrogens with zero attached hydrogens (tertiary/aromatic N) is 2. The van der Waals surface area contributed by atoms with E-state index in [2.05, 4.69) is 4.98 Å². The number of hydrogen-bond acceptors (Lipinski definition) is 2. The minimum atomic E-state index is -5.33. The normalized spacial score (nSPS) is 11.6. The predicted molar refractivity (Wildman–Crippen MR) is 67.5 cm³/mol. The topological polar surface area (TPSA) is 27.1 Å². The average molecular weight is 287 g/mol. The lowest BCUT2D eigenvalue weighted by molar-refractivity contribution is 0.300. The van der Waals surface area contributed by atoms with Crippen molar-refractivity contribution in [1.29, 1.82) is 0 Å². The van der Waals surface area contributed by atoms with Crippen molar-refractivity contribution in [3.63, 3.8) is 0 Å². The number of hydrogen-bond donors (Lipinski definition) is 0. The number of aryl methyl sites for hydroxylation is 1. The fourth-order valence-corrected chi connectivity index (χ4v) is 1.72. The third kappa shape index (κ3) is 3.75. The third-order valence-electron chi connectivity index (χ3n) is 2.71. The Bertz CT molecular complexity index is 557. The van der Waals surface area contributed by atoms with E-state index in [1.54, 1.807) is 18.7 Å². The van der Waals surface area contributed by atoms with Gasteiger partial charge < -0.3 is 22.3 Å². The first-order chi connectivity index (χ1) is 9.47. The maximum absolute atomic E-state index is 13.3. The molecule has 1 aromatic heterocycles. The van der Waals surface area contributed by atoms with E-state index in [0.29, 0.717) is 19.0 Å². The highest BCUT2D eigenvalue weighted by Crippen LogP contribution is 2.17. The zero-order valence-electron chi connectivity index (χ0n) is 10.5. The number of aromatic nitrogens is 2. The Hall–Kier alpha value is -1.99. The van der Waals surface area contributed by atoms with Crippen molar-refractivity contribution < 1.29 is 22.1 Å². The van der Waals surface area contributed by atoms with Crippen molar-refractivity contribution in [3.05, 3.63) is 42.7 Å². The van der Waals surface area contributed by atoms with Crippen LogP contribution in [0.5, 0.6) is 5.75 Å². The van der Waals surface area contributed by atoms with E-state index in [9.17, 15) is 17.3 Å². The molecule has 1 aromatic carbocycles. The van der Waals surface area contributed by atoms with Gasteiger partial charge >= 0.3 is 6.98 Å². The van der Waals surface area contributed by atoms with Crippen LogP contribution in [0, 0.1) is 5.82 Å². The largest absolute Gasteiger partial charge is 0.512 e. The first-order valence-electron chi connectivity index (χ1n) is 6.05. The minimum absolute atomic E-state index is 0.0944. The van der Waals surface area contributed by atoms with Gasteiger partial charge in [-0.25, -0.2) is 9.37 Å². The Labute approximate surface area is 113 Å². The van der Waals surface area contributed by atoms with E-state index in [-0.39, 0.29) is 12.4 Å². The maximum atomic E-state index is 13.3. The van der Waals surface area contributed by atoms with E-state index in [1.807, 2.05) is 4.57 Å². The molecule has 0 aliphatic heterocycles. The zero-order chi connectivity index (χ0) is 14.6. The molecule has 0 unspecified atom stereocenters. The van der Waals surface area contributed by atoms with E-state index in [4.69, 9.17) is 4.74 Å². The summed E-state index contributed by atoms with van der Waals surface area (Å²) in [5, 5.41) is 0. The van der Waals surface area contributed by atoms with Gasteiger partial charge in [0.2, 0.25) is 0 Å². The molecule has 0 N–H and O–H groups in total. The first kappa shape index (κ1) is 14.4. The molecule has 2 aromatic rings. The van der Waals surface area contributed by atoms with Gasteiger partial charge in [0.25, 0.3) is 0 Å². The molecule has 0 bridgehead atoms. The van der Waals surface area contributed by atoms with E-state index in [1.165, 1.54) is 0 Å². The first-order valence-corrected chi connectivity index (χ1v) is 6.05. The quantitative estimate of drug-likeness (QED) is 0.464. The number of benzene rings is 1. The summed E-state index contributed by atoms with van der Waals surface area (Å²) in [6.07, 6.45) is 5.73. The lowest BCUT2D eigenvalue weighted by Gasteiger charge is -2.16. The Morgan fingerprint density at radius 2 is 2.05 bits per heavy atom. The standard InChI is InChI=1S/C12H12BF4N2O/c14-12-8-10(2-3-11(12)13(15,16)17)20-7-1-5-19-6-4-18-9-19/h2-4,6,8-9H,1,5,7H2/q-1. The molecule has 8 heteroatoms. The van der Waals surface area contributed by atoms with Crippen molar-refractivity contribution in [2.75, 3.05) is 6.61 Å². The molecule has 0 aliphatic carbocycles. The van der Waals surface area contributed by atoms with Crippen molar-refractivity contribution in [3.8, 4) is 5.75 Å². The number of rotatable bonds is 6. The predicted octanol–water partition coefficient (Wildman–Crippen LogP) is 2.55. The molecule has 0 atom stereocenters. The van der Waals surface area contributed by atoms with Gasteiger partial charge in [0.1, 0.15) is 5.75 Å². The van der Waals surface area contributed by atoms with Crippen molar-refractivity contribution >= 4 is 12.4 Å². The molecule has 3 nitrogen and oxygen atoms in total. The summed E-state index contributed by atoms with van der Waals surface area (Å²) in [6.45, 7) is -4.37. The van der Waals surface area contributed by atoms with Crippen LogP contribution in [0.3, 0.4) is 0 Å². The SMILES string of the molecule is Fc1cc(OCCCn2ccnc2)ccc1[B-](F)(F)F. The van der Waals surface area contributed by atoms with Gasteiger partial charge in [-0.15, -0.1) is 0 Å². The van der Waals surface area contributed by atoms with Crippen LogP contribution in [0.2, 0.25) is 0 Å². The van der Waals surface area contributed by atoms with Crippen LogP contribution in [0.1, 0.15) is 6.42 Å². The second kappa shape index (κ2) is 5.98. The Morgan fingerprint density at radius 1 is 1.25 bits per heavy atom. The number of ether oxygens (including phenoxy) is 1. The van der Waals surface area contributed by atoms with Crippen molar-refractivity contribution in [2.45, 2.75) is 13.0 Å². The molecule has 0 amide bonds. The lowest BCUT2D eigenvalue weighted by atomic mass is 9.80. The van der Waals surface area contributed by atoms with Gasteiger partial charge in [0, 0.05) is 25.0 Å². The summed E-state index contributed by atoms with van der Waals surface area (Å²) < 4.78 is 57.6. The van der Waals surface area contributed by atoms with Gasteiger partial charge in [-0.3, -0.25) is 0 Å². The van der Waals surface area contributed by atoms with Crippen LogP contribution in [0.15, 0.2) is 36.9 Å². The molecule has 0 saturated carbocycles. The fraction of sp³-hybridized carbons (Fsp3) is 0.250. The average Bonchev–Trinajstić information content (AvgIpc) is 2.86. The molecule has 0 aliphatic rings. The Morgan fingerprint density at radius 3 is 2.65 bits per heavy atom. The molecule has 0 radical (unpaired) electrons. The van der Waals surface area contributed by atoms with Gasteiger partial charge in [-0.2, -0.15) is 0 Å². The summed E-state index contributed by atoms with van der Waals surface area (Å²) in [7, 11) is 0. The smallest absolute Gasteiger partial charge is 0.493 e. The van der Waals surface area contributed by atoms with Crippen LogP contribution < -0.4 is 10.2 Å². The summed E-state index contributed by atoms with van der Waals surface area (Å²) >= 11 is 0. The number of halogens is 4. The van der Waals surface area contributed by atoms with Crippen LogP contribution in [-0.2, 0) is 6.54 Å². The summed E-state index contributed by atoms with van der Waals surface area (Å²) in [4.78, 5) is 3.87. The van der Waals surface area contributed by atoms with E-state index < -0.39 is 18.3 Å². The Kier molecular flexibility index (Phi) is 4.31.